The molecule has 0 fully saturated rings. The molecule has 0 aliphatic rings. The number of alkyl carbamates (subject to hydrolysis) is 1. The summed E-state index contributed by atoms with van der Waals surface area (Å²) < 4.78 is 10.0. The van der Waals surface area contributed by atoms with Crippen molar-refractivity contribution in [3.05, 3.63) is 71.8 Å². The summed E-state index contributed by atoms with van der Waals surface area (Å²) in [6.07, 6.45) is -1.26. The molecule has 0 aliphatic heterocycles. The van der Waals surface area contributed by atoms with Crippen LogP contribution < -0.4 is 10.6 Å². The minimum atomic E-state index is -1.25. The van der Waals surface area contributed by atoms with Crippen LogP contribution in [0.15, 0.2) is 60.7 Å². The molecule has 2 amide bonds. The largest absolute Gasteiger partial charge is 0.464 e. The second-order valence-corrected chi connectivity index (χ2v) is 6.73. The lowest BCUT2D eigenvalue weighted by molar-refractivity contribution is -0.147. The van der Waals surface area contributed by atoms with E-state index in [9.17, 15) is 19.2 Å². The summed E-state index contributed by atoms with van der Waals surface area (Å²) in [7, 11) is 0. The number of benzene rings is 2. The number of ether oxygens (including phenoxy) is 2. The highest BCUT2D eigenvalue weighted by molar-refractivity contribution is 6.02. The lowest BCUT2D eigenvalue weighted by atomic mass is 10.1. The normalized spacial score (nSPS) is 12.2. The van der Waals surface area contributed by atoms with Crippen LogP contribution in [0.2, 0.25) is 0 Å². The lowest BCUT2D eigenvalue weighted by Gasteiger charge is -2.18. The molecule has 2 unspecified atom stereocenters. The summed E-state index contributed by atoms with van der Waals surface area (Å²) in [5.74, 6) is -1.62. The van der Waals surface area contributed by atoms with Crippen LogP contribution in [0.25, 0.3) is 0 Å². The minimum absolute atomic E-state index is 0.0109. The summed E-state index contributed by atoms with van der Waals surface area (Å²) in [5.41, 5.74) is 1.23. The van der Waals surface area contributed by atoms with E-state index in [0.29, 0.717) is 5.56 Å². The Labute approximate surface area is 180 Å². The first kappa shape index (κ1) is 23.6. The van der Waals surface area contributed by atoms with E-state index in [2.05, 4.69) is 10.6 Å². The maximum Gasteiger partial charge on any atom is 0.408 e. The Balaban J connectivity index is 1.92. The average molecular weight is 426 g/mol. The van der Waals surface area contributed by atoms with Gasteiger partial charge in [0.2, 0.25) is 5.91 Å². The Kier molecular flexibility index (Phi) is 9.22. The molecule has 0 bridgehead atoms. The number of amides is 2. The van der Waals surface area contributed by atoms with Crippen LogP contribution in [0, 0.1) is 0 Å². The first-order chi connectivity index (χ1) is 14.9. The Hall–Kier alpha value is -3.68. The third kappa shape index (κ3) is 7.93. The van der Waals surface area contributed by atoms with Crippen molar-refractivity contribution in [2.75, 3.05) is 6.61 Å². The number of carbonyl (C=O) groups is 4. The maximum atomic E-state index is 12.4. The van der Waals surface area contributed by atoms with Gasteiger partial charge in [0.25, 0.3) is 0 Å². The quantitative estimate of drug-likeness (QED) is 0.446. The molecule has 2 atom stereocenters. The molecule has 2 N–H and O–H groups in total. The number of Topliss-reactive ketones (excluding diaryl/α,β-unsaturated/α-hetero) is 1. The predicted molar refractivity (Wildman–Crippen MR) is 113 cm³/mol. The van der Waals surface area contributed by atoms with Gasteiger partial charge in [0.1, 0.15) is 12.6 Å². The Bertz CT molecular complexity index is 885. The Morgan fingerprint density at radius 3 is 2.10 bits per heavy atom. The fourth-order valence-electron chi connectivity index (χ4n) is 2.75. The molecule has 0 saturated carbocycles. The van der Waals surface area contributed by atoms with E-state index < -0.39 is 36.5 Å². The van der Waals surface area contributed by atoms with Gasteiger partial charge in [-0.3, -0.25) is 9.59 Å². The van der Waals surface area contributed by atoms with Crippen molar-refractivity contribution >= 4 is 23.8 Å². The van der Waals surface area contributed by atoms with E-state index >= 15 is 0 Å². The second-order valence-electron chi connectivity index (χ2n) is 6.73. The fourth-order valence-corrected chi connectivity index (χ4v) is 2.75. The van der Waals surface area contributed by atoms with Crippen LogP contribution in [0.4, 0.5) is 4.79 Å². The first-order valence-corrected chi connectivity index (χ1v) is 9.93. The third-order valence-corrected chi connectivity index (χ3v) is 4.29. The number of nitrogens with one attached hydrogen (secondary N) is 2. The highest BCUT2D eigenvalue weighted by atomic mass is 16.6. The van der Waals surface area contributed by atoms with Crippen molar-refractivity contribution in [1.82, 2.24) is 10.6 Å². The summed E-state index contributed by atoms with van der Waals surface area (Å²) in [5, 5.41) is 4.90. The van der Waals surface area contributed by atoms with E-state index in [0.717, 1.165) is 5.56 Å². The number of rotatable bonds is 10. The monoisotopic (exact) mass is 426 g/mol. The molecule has 0 saturated heterocycles. The van der Waals surface area contributed by atoms with E-state index in [1.54, 1.807) is 68.4 Å². The summed E-state index contributed by atoms with van der Waals surface area (Å²) in [4.78, 5) is 49.1. The van der Waals surface area contributed by atoms with Gasteiger partial charge in [-0.1, -0.05) is 60.7 Å². The van der Waals surface area contributed by atoms with Crippen molar-refractivity contribution in [3.8, 4) is 0 Å². The zero-order valence-corrected chi connectivity index (χ0v) is 17.5. The van der Waals surface area contributed by atoms with Crippen LogP contribution in [0.3, 0.4) is 0 Å². The van der Waals surface area contributed by atoms with Crippen LogP contribution >= 0.6 is 0 Å². The molecule has 8 nitrogen and oxygen atoms in total. The minimum Gasteiger partial charge on any atom is -0.464 e. The first-order valence-electron chi connectivity index (χ1n) is 9.93. The van der Waals surface area contributed by atoms with E-state index in [-0.39, 0.29) is 19.0 Å². The molecule has 0 radical (unpaired) electrons. The van der Waals surface area contributed by atoms with Crippen molar-refractivity contribution in [3.63, 3.8) is 0 Å². The van der Waals surface area contributed by atoms with Gasteiger partial charge in [0.05, 0.1) is 19.1 Å². The topological polar surface area (TPSA) is 111 Å². The number of carbonyl (C=O) groups excluding carboxylic acids is 4. The molecule has 0 heterocycles. The van der Waals surface area contributed by atoms with E-state index in [4.69, 9.17) is 9.47 Å². The van der Waals surface area contributed by atoms with Gasteiger partial charge in [-0.25, -0.2) is 9.59 Å². The smallest absolute Gasteiger partial charge is 0.408 e. The van der Waals surface area contributed by atoms with Gasteiger partial charge in [0.15, 0.2) is 5.78 Å². The van der Waals surface area contributed by atoms with Crippen LogP contribution in [0.1, 0.15) is 36.2 Å². The van der Waals surface area contributed by atoms with E-state index in [1.807, 2.05) is 6.07 Å². The molecular weight excluding hydrogens is 400 g/mol. The number of esters is 1. The van der Waals surface area contributed by atoms with Gasteiger partial charge in [-0.15, -0.1) is 0 Å². The summed E-state index contributed by atoms with van der Waals surface area (Å²) >= 11 is 0. The van der Waals surface area contributed by atoms with Crippen LogP contribution in [-0.2, 0) is 25.7 Å². The molecule has 0 aliphatic carbocycles. The van der Waals surface area contributed by atoms with Gasteiger partial charge in [-0.2, -0.15) is 0 Å². The summed E-state index contributed by atoms with van der Waals surface area (Å²) in [6.45, 7) is 3.26. The van der Waals surface area contributed by atoms with Crippen LogP contribution in [-0.4, -0.2) is 42.4 Å². The zero-order valence-electron chi connectivity index (χ0n) is 17.5. The Morgan fingerprint density at radius 2 is 1.48 bits per heavy atom. The molecule has 2 aromatic rings. The van der Waals surface area contributed by atoms with Gasteiger partial charge >= 0.3 is 12.1 Å². The molecule has 31 heavy (non-hydrogen) atoms. The highest BCUT2D eigenvalue weighted by Gasteiger charge is 2.27. The zero-order chi connectivity index (χ0) is 22.6. The molecule has 0 spiro atoms. The Morgan fingerprint density at radius 1 is 0.871 bits per heavy atom. The van der Waals surface area contributed by atoms with Crippen molar-refractivity contribution in [2.45, 2.75) is 39.0 Å². The second kappa shape index (κ2) is 12.1. The number of ketones is 1. The molecule has 8 heteroatoms. The average Bonchev–Trinajstić information content (AvgIpc) is 2.78. The SMILES string of the molecule is CCOC(=O)C(CC(=O)NC(C)C(=O)c1ccccc1)NC(=O)OCc1ccccc1. The van der Waals surface area contributed by atoms with Crippen molar-refractivity contribution in [1.29, 1.82) is 0 Å². The standard InChI is InChI=1S/C23H26N2O6/c1-3-30-22(28)19(25-23(29)31-15-17-10-6-4-7-11-17)14-20(26)24-16(2)21(27)18-12-8-5-9-13-18/h4-13,16,19H,3,14-15H2,1-2H3,(H,24,26)(H,25,29). The van der Waals surface area contributed by atoms with Gasteiger partial charge in [-0.05, 0) is 19.4 Å². The van der Waals surface area contributed by atoms with Gasteiger partial charge in [0, 0.05) is 5.56 Å². The van der Waals surface area contributed by atoms with Gasteiger partial charge < -0.3 is 20.1 Å². The lowest BCUT2D eigenvalue weighted by Crippen LogP contribution is -2.47. The van der Waals surface area contributed by atoms with Crippen molar-refractivity contribution < 1.29 is 28.7 Å². The van der Waals surface area contributed by atoms with Crippen LogP contribution in [0.5, 0.6) is 0 Å². The molecule has 164 valence electrons. The highest BCUT2D eigenvalue weighted by Crippen LogP contribution is 2.05. The molecule has 2 rings (SSSR count). The number of hydrogen-bond donors (Lipinski definition) is 2. The summed E-state index contributed by atoms with van der Waals surface area (Å²) in [6, 6.07) is 15.5. The van der Waals surface area contributed by atoms with E-state index in [1.165, 1.54) is 0 Å². The van der Waals surface area contributed by atoms with Crippen molar-refractivity contribution in [2.24, 2.45) is 0 Å². The maximum absolute atomic E-state index is 12.4. The molecule has 2 aromatic carbocycles. The fraction of sp³-hybridized carbons (Fsp3) is 0.304. The predicted octanol–water partition coefficient (Wildman–Crippen LogP) is 2.62. The molecule has 0 aromatic heterocycles. The third-order valence-electron chi connectivity index (χ3n) is 4.29. The molecular formula is C23H26N2O6. The number of hydrogen-bond acceptors (Lipinski definition) is 6.